The molecule has 3 aromatic rings. The van der Waals surface area contributed by atoms with Crippen LogP contribution in [0.15, 0.2) is 72.8 Å². The van der Waals surface area contributed by atoms with Crippen LogP contribution in [0.1, 0.15) is 22.1 Å². The zero-order valence-electron chi connectivity index (χ0n) is 19.1. The van der Waals surface area contributed by atoms with Gasteiger partial charge in [0.25, 0.3) is 11.6 Å². The summed E-state index contributed by atoms with van der Waals surface area (Å²) < 4.78 is 0. The Morgan fingerprint density at radius 1 is 1.09 bits per heavy atom. The van der Waals surface area contributed by atoms with Crippen LogP contribution in [0.4, 0.5) is 22.7 Å². The van der Waals surface area contributed by atoms with Crippen molar-refractivity contribution in [1.29, 1.82) is 0 Å². The Labute approximate surface area is 197 Å². The van der Waals surface area contributed by atoms with E-state index in [1.165, 1.54) is 11.0 Å². The number of rotatable bonds is 6. The van der Waals surface area contributed by atoms with E-state index in [1.807, 2.05) is 30.3 Å². The Morgan fingerprint density at radius 3 is 2.44 bits per heavy atom. The monoisotopic (exact) mass is 459 g/mol. The van der Waals surface area contributed by atoms with Gasteiger partial charge in [-0.1, -0.05) is 36.4 Å². The maximum Gasteiger partial charge on any atom is 0.293 e. The average molecular weight is 460 g/mol. The molecule has 0 bridgehead atoms. The quantitative estimate of drug-likeness (QED) is 0.446. The van der Waals surface area contributed by atoms with Gasteiger partial charge in [-0.05, 0) is 30.3 Å². The second-order valence-corrected chi connectivity index (χ2v) is 8.01. The minimum Gasteiger partial charge on any atom is -0.358 e. The molecule has 3 aromatic carbocycles. The Hall–Kier alpha value is -4.40. The standard InChI is InChI=1S/C25H25N5O4/c1-26-23(31)16-29-20-12-8-7-11-19(20)25(32)28(3)24(29)17-13-14-21(22(15-17)30(33)34)27(2)18-9-5-4-6-10-18/h4-15,24H,16H2,1-3H3,(H,26,31)/t24-/m1/s1. The lowest BCUT2D eigenvalue weighted by Gasteiger charge is -2.43. The topological polar surface area (TPSA) is 99.0 Å². The third-order valence-electron chi connectivity index (χ3n) is 6.02. The third-order valence-corrected chi connectivity index (χ3v) is 6.02. The van der Waals surface area contributed by atoms with Gasteiger partial charge in [0.15, 0.2) is 0 Å². The summed E-state index contributed by atoms with van der Waals surface area (Å²) >= 11 is 0. The summed E-state index contributed by atoms with van der Waals surface area (Å²) in [5.74, 6) is -0.459. The minimum atomic E-state index is -0.700. The maximum absolute atomic E-state index is 13.1. The number of fused-ring (bicyclic) bond motifs is 1. The molecule has 2 amide bonds. The van der Waals surface area contributed by atoms with E-state index < -0.39 is 11.1 Å². The Morgan fingerprint density at radius 2 is 1.76 bits per heavy atom. The third kappa shape index (κ3) is 4.03. The molecule has 34 heavy (non-hydrogen) atoms. The van der Waals surface area contributed by atoms with Gasteiger partial charge in [0.2, 0.25) is 5.91 Å². The van der Waals surface area contributed by atoms with E-state index in [0.29, 0.717) is 22.5 Å². The molecule has 0 radical (unpaired) electrons. The highest BCUT2D eigenvalue weighted by molar-refractivity contribution is 6.02. The van der Waals surface area contributed by atoms with Gasteiger partial charge in [-0.2, -0.15) is 0 Å². The molecule has 0 spiro atoms. The zero-order chi connectivity index (χ0) is 24.4. The molecule has 9 nitrogen and oxygen atoms in total. The van der Waals surface area contributed by atoms with Crippen LogP contribution in [0.5, 0.6) is 0 Å². The molecule has 0 saturated carbocycles. The Balaban J connectivity index is 1.83. The van der Waals surface area contributed by atoms with E-state index in [1.54, 1.807) is 67.3 Å². The van der Waals surface area contributed by atoms with Gasteiger partial charge in [-0.3, -0.25) is 19.7 Å². The van der Waals surface area contributed by atoms with Crippen LogP contribution in [0.3, 0.4) is 0 Å². The predicted molar refractivity (Wildman–Crippen MR) is 130 cm³/mol. The summed E-state index contributed by atoms with van der Waals surface area (Å²) in [5.41, 5.74) is 2.74. The summed E-state index contributed by atoms with van der Waals surface area (Å²) in [7, 11) is 4.94. The smallest absolute Gasteiger partial charge is 0.293 e. The molecule has 0 fully saturated rings. The van der Waals surface area contributed by atoms with E-state index in [4.69, 9.17) is 0 Å². The van der Waals surface area contributed by atoms with Gasteiger partial charge in [0.05, 0.1) is 22.7 Å². The van der Waals surface area contributed by atoms with Crippen molar-refractivity contribution in [3.8, 4) is 0 Å². The lowest BCUT2D eigenvalue weighted by Crippen LogP contribution is -2.50. The zero-order valence-corrected chi connectivity index (χ0v) is 19.1. The highest BCUT2D eigenvalue weighted by atomic mass is 16.6. The van der Waals surface area contributed by atoms with E-state index in [9.17, 15) is 19.7 Å². The van der Waals surface area contributed by atoms with Crippen LogP contribution in [-0.2, 0) is 4.79 Å². The summed E-state index contributed by atoms with van der Waals surface area (Å²) in [4.78, 5) is 42.2. The first-order valence-corrected chi connectivity index (χ1v) is 10.7. The first-order valence-electron chi connectivity index (χ1n) is 10.7. The number of nitro benzene ring substituents is 1. The van der Waals surface area contributed by atoms with Crippen LogP contribution in [0.2, 0.25) is 0 Å². The number of anilines is 3. The van der Waals surface area contributed by atoms with E-state index in [2.05, 4.69) is 5.32 Å². The van der Waals surface area contributed by atoms with Crippen molar-refractivity contribution < 1.29 is 14.5 Å². The molecular weight excluding hydrogens is 434 g/mol. The van der Waals surface area contributed by atoms with Crippen molar-refractivity contribution in [3.63, 3.8) is 0 Å². The number of amides is 2. The molecule has 1 aliphatic rings. The van der Waals surface area contributed by atoms with Crippen LogP contribution >= 0.6 is 0 Å². The highest BCUT2D eigenvalue weighted by Gasteiger charge is 2.38. The Bertz CT molecular complexity index is 1250. The van der Waals surface area contributed by atoms with Gasteiger partial charge in [0, 0.05) is 38.5 Å². The van der Waals surface area contributed by atoms with Crippen molar-refractivity contribution >= 4 is 34.6 Å². The van der Waals surface area contributed by atoms with E-state index >= 15 is 0 Å². The van der Waals surface area contributed by atoms with Crippen molar-refractivity contribution in [1.82, 2.24) is 10.2 Å². The number of nitrogens with zero attached hydrogens (tertiary/aromatic N) is 4. The van der Waals surface area contributed by atoms with Gasteiger partial charge in [0.1, 0.15) is 11.9 Å². The minimum absolute atomic E-state index is 0.0186. The van der Waals surface area contributed by atoms with E-state index in [-0.39, 0.29) is 24.0 Å². The van der Waals surface area contributed by atoms with Crippen LogP contribution in [0.25, 0.3) is 0 Å². The van der Waals surface area contributed by atoms with Gasteiger partial charge < -0.3 is 20.0 Å². The Kier molecular flexibility index (Phi) is 6.18. The van der Waals surface area contributed by atoms with Crippen LogP contribution in [-0.4, -0.2) is 49.3 Å². The second-order valence-electron chi connectivity index (χ2n) is 8.01. The number of hydrogen-bond donors (Lipinski definition) is 1. The fourth-order valence-corrected chi connectivity index (χ4v) is 4.28. The summed E-state index contributed by atoms with van der Waals surface area (Å²) in [6.45, 7) is -0.0186. The van der Waals surface area contributed by atoms with Crippen molar-refractivity contribution in [2.75, 3.05) is 37.5 Å². The summed E-state index contributed by atoms with van der Waals surface area (Å²) in [5, 5.41) is 14.7. The van der Waals surface area contributed by atoms with Crippen LogP contribution < -0.4 is 15.1 Å². The lowest BCUT2D eigenvalue weighted by atomic mass is 10.0. The van der Waals surface area contributed by atoms with Gasteiger partial charge >= 0.3 is 0 Å². The number of likely N-dealkylation sites (N-methyl/N-ethyl adjacent to an activating group) is 1. The predicted octanol–water partition coefficient (Wildman–Crippen LogP) is 3.70. The average Bonchev–Trinajstić information content (AvgIpc) is 2.87. The van der Waals surface area contributed by atoms with Crippen molar-refractivity contribution in [3.05, 3.63) is 94.0 Å². The molecule has 0 unspecified atom stereocenters. The molecule has 1 N–H and O–H groups in total. The molecule has 9 heteroatoms. The first-order chi connectivity index (χ1) is 16.3. The molecule has 1 aliphatic heterocycles. The second kappa shape index (κ2) is 9.22. The molecule has 0 aliphatic carbocycles. The number of carbonyl (C=O) groups is 2. The SMILES string of the molecule is CNC(=O)CN1c2ccccc2C(=O)N(C)[C@H]1c1ccc(N(C)c2ccccc2)c([N+](=O)[O-])c1. The van der Waals surface area contributed by atoms with E-state index in [0.717, 1.165) is 5.69 Å². The van der Waals surface area contributed by atoms with Crippen molar-refractivity contribution in [2.24, 2.45) is 0 Å². The largest absolute Gasteiger partial charge is 0.358 e. The molecular formula is C25H25N5O4. The van der Waals surface area contributed by atoms with Crippen molar-refractivity contribution in [2.45, 2.75) is 6.17 Å². The number of hydrogen-bond acceptors (Lipinski definition) is 6. The number of para-hydroxylation sites is 2. The number of carbonyl (C=O) groups excluding carboxylic acids is 2. The normalized spacial score (nSPS) is 15.0. The van der Waals surface area contributed by atoms with Gasteiger partial charge in [-0.25, -0.2) is 0 Å². The molecule has 4 rings (SSSR count). The number of nitrogens with one attached hydrogen (secondary N) is 1. The number of benzene rings is 3. The number of nitro groups is 1. The molecule has 1 heterocycles. The molecule has 0 saturated heterocycles. The first kappa shape index (κ1) is 22.8. The molecule has 0 aromatic heterocycles. The summed E-state index contributed by atoms with van der Waals surface area (Å²) in [6.07, 6.45) is -0.700. The maximum atomic E-state index is 13.1. The highest BCUT2D eigenvalue weighted by Crippen LogP contribution is 2.41. The fourth-order valence-electron chi connectivity index (χ4n) is 4.28. The lowest BCUT2D eigenvalue weighted by molar-refractivity contribution is -0.384. The van der Waals surface area contributed by atoms with Gasteiger partial charge in [-0.15, -0.1) is 0 Å². The molecule has 1 atom stereocenters. The molecule has 174 valence electrons. The van der Waals surface area contributed by atoms with Crippen LogP contribution in [0, 0.1) is 10.1 Å². The summed E-state index contributed by atoms with van der Waals surface area (Å²) in [6, 6.07) is 21.3. The fraction of sp³-hybridized carbons (Fsp3) is 0.200.